The van der Waals surface area contributed by atoms with Crippen molar-refractivity contribution in [1.82, 2.24) is 10.2 Å². The van der Waals surface area contributed by atoms with Gasteiger partial charge in [-0.3, -0.25) is 9.59 Å². The lowest BCUT2D eigenvalue weighted by Gasteiger charge is -2.42. The highest BCUT2D eigenvalue weighted by Crippen LogP contribution is 2.28. The number of piperazine rings is 1. The first-order valence-corrected chi connectivity index (χ1v) is 8.16. The molecule has 1 fully saturated rings. The monoisotopic (exact) mass is 352 g/mol. The average Bonchev–Trinajstić information content (AvgIpc) is 2.48. The molecule has 5 heteroatoms. The number of halogens is 1. The Kier molecular flexibility index (Phi) is 5.04. The Hall–Kier alpha value is -1.36. The smallest absolute Gasteiger partial charge is 0.246 e. The van der Waals surface area contributed by atoms with Gasteiger partial charge in [0.25, 0.3) is 0 Å². The van der Waals surface area contributed by atoms with Gasteiger partial charge in [-0.1, -0.05) is 41.9 Å². The summed E-state index contributed by atoms with van der Waals surface area (Å²) in [4.78, 5) is 26.6. The Morgan fingerprint density at radius 1 is 1.19 bits per heavy atom. The van der Waals surface area contributed by atoms with Crippen molar-refractivity contribution in [2.45, 2.75) is 51.7 Å². The molecule has 1 aromatic carbocycles. The SMILES string of the molecule is CCC1NC(=O)C(CC)N(C(C)c2ccc(Br)cc2)C1=O. The van der Waals surface area contributed by atoms with E-state index in [2.05, 4.69) is 21.2 Å². The van der Waals surface area contributed by atoms with Gasteiger partial charge in [-0.05, 0) is 37.5 Å². The van der Waals surface area contributed by atoms with E-state index in [0.29, 0.717) is 12.8 Å². The zero-order valence-corrected chi connectivity index (χ0v) is 14.2. The van der Waals surface area contributed by atoms with E-state index in [1.54, 1.807) is 4.90 Å². The maximum absolute atomic E-state index is 12.7. The molecule has 0 saturated carbocycles. The van der Waals surface area contributed by atoms with Crippen LogP contribution in [0.2, 0.25) is 0 Å². The molecule has 1 aliphatic rings. The Morgan fingerprint density at radius 2 is 1.81 bits per heavy atom. The van der Waals surface area contributed by atoms with Crippen LogP contribution in [0.3, 0.4) is 0 Å². The first-order valence-electron chi connectivity index (χ1n) is 7.37. The molecule has 114 valence electrons. The summed E-state index contributed by atoms with van der Waals surface area (Å²) in [6.45, 7) is 5.83. The molecule has 0 aromatic heterocycles. The summed E-state index contributed by atoms with van der Waals surface area (Å²) in [5.74, 6) is -0.0349. The second kappa shape index (κ2) is 6.60. The zero-order valence-electron chi connectivity index (χ0n) is 12.6. The molecule has 3 atom stereocenters. The van der Waals surface area contributed by atoms with Gasteiger partial charge in [-0.25, -0.2) is 0 Å². The van der Waals surface area contributed by atoms with Gasteiger partial charge >= 0.3 is 0 Å². The van der Waals surface area contributed by atoms with Crippen molar-refractivity contribution >= 4 is 27.7 Å². The standard InChI is InChI=1S/C16H21BrN2O2/c1-4-13-16(21)19(14(5-2)15(20)18-13)10(3)11-6-8-12(17)9-7-11/h6-10,13-14H,4-5H2,1-3H3,(H,18,20). The first kappa shape index (κ1) is 16.0. The van der Waals surface area contributed by atoms with E-state index >= 15 is 0 Å². The van der Waals surface area contributed by atoms with Gasteiger partial charge in [0.1, 0.15) is 12.1 Å². The van der Waals surface area contributed by atoms with Gasteiger partial charge < -0.3 is 10.2 Å². The second-order valence-electron chi connectivity index (χ2n) is 5.37. The van der Waals surface area contributed by atoms with Crippen molar-refractivity contribution in [1.29, 1.82) is 0 Å². The van der Waals surface area contributed by atoms with Crippen molar-refractivity contribution < 1.29 is 9.59 Å². The van der Waals surface area contributed by atoms with Crippen LogP contribution in [-0.4, -0.2) is 28.8 Å². The lowest BCUT2D eigenvalue weighted by molar-refractivity contribution is -0.152. The number of benzene rings is 1. The normalized spacial score (nSPS) is 23.9. The lowest BCUT2D eigenvalue weighted by atomic mass is 9.98. The summed E-state index contributed by atoms with van der Waals surface area (Å²) in [5.41, 5.74) is 1.04. The van der Waals surface area contributed by atoms with Crippen LogP contribution < -0.4 is 5.32 Å². The fourth-order valence-electron chi connectivity index (χ4n) is 2.81. The number of carbonyl (C=O) groups is 2. The molecule has 2 amide bonds. The molecule has 1 heterocycles. The van der Waals surface area contributed by atoms with Gasteiger partial charge in [0.15, 0.2) is 0 Å². The van der Waals surface area contributed by atoms with Crippen LogP contribution in [0.4, 0.5) is 0 Å². The van der Waals surface area contributed by atoms with Crippen molar-refractivity contribution in [3.8, 4) is 0 Å². The van der Waals surface area contributed by atoms with Crippen molar-refractivity contribution in [3.63, 3.8) is 0 Å². The van der Waals surface area contributed by atoms with E-state index in [0.717, 1.165) is 10.0 Å². The van der Waals surface area contributed by atoms with Gasteiger partial charge in [-0.15, -0.1) is 0 Å². The molecular formula is C16H21BrN2O2. The number of rotatable bonds is 4. The van der Waals surface area contributed by atoms with Gasteiger partial charge in [0.05, 0.1) is 6.04 Å². The van der Waals surface area contributed by atoms with Gasteiger partial charge in [0, 0.05) is 4.47 Å². The predicted octanol–water partition coefficient (Wildman–Crippen LogP) is 3.03. The second-order valence-corrected chi connectivity index (χ2v) is 6.28. The van der Waals surface area contributed by atoms with Crippen LogP contribution >= 0.6 is 15.9 Å². The Bertz CT molecular complexity index is 530. The van der Waals surface area contributed by atoms with Crippen LogP contribution in [0.5, 0.6) is 0 Å². The largest absolute Gasteiger partial charge is 0.343 e. The van der Waals surface area contributed by atoms with Crippen LogP contribution in [0.15, 0.2) is 28.7 Å². The molecule has 0 bridgehead atoms. The highest BCUT2D eigenvalue weighted by atomic mass is 79.9. The van der Waals surface area contributed by atoms with Crippen molar-refractivity contribution in [2.75, 3.05) is 0 Å². The Morgan fingerprint density at radius 3 is 2.33 bits per heavy atom. The van der Waals surface area contributed by atoms with E-state index < -0.39 is 6.04 Å². The number of amides is 2. The Labute approximate surface area is 134 Å². The molecule has 0 radical (unpaired) electrons. The summed E-state index contributed by atoms with van der Waals surface area (Å²) in [7, 11) is 0. The van der Waals surface area contributed by atoms with E-state index in [4.69, 9.17) is 0 Å². The lowest BCUT2D eigenvalue weighted by Crippen LogP contribution is -2.63. The summed E-state index contributed by atoms with van der Waals surface area (Å²) in [6, 6.07) is 6.98. The van der Waals surface area contributed by atoms with E-state index in [9.17, 15) is 9.59 Å². The molecule has 0 spiro atoms. The van der Waals surface area contributed by atoms with Crippen LogP contribution in [0, 0.1) is 0 Å². The third kappa shape index (κ3) is 3.12. The van der Waals surface area contributed by atoms with E-state index in [1.165, 1.54) is 0 Å². The molecule has 1 aliphatic heterocycles. The minimum Gasteiger partial charge on any atom is -0.343 e. The molecular weight excluding hydrogens is 332 g/mol. The summed E-state index contributed by atoms with van der Waals surface area (Å²) in [5, 5.41) is 2.82. The first-order chi connectivity index (χ1) is 9.99. The van der Waals surface area contributed by atoms with Gasteiger partial charge in [0.2, 0.25) is 11.8 Å². The average molecular weight is 353 g/mol. The van der Waals surface area contributed by atoms with Crippen LogP contribution in [0.25, 0.3) is 0 Å². The number of hydrogen-bond donors (Lipinski definition) is 1. The minimum absolute atomic E-state index is 0.0133. The topological polar surface area (TPSA) is 49.4 Å². The zero-order chi connectivity index (χ0) is 15.6. The quantitative estimate of drug-likeness (QED) is 0.905. The van der Waals surface area contributed by atoms with Crippen molar-refractivity contribution in [3.05, 3.63) is 34.3 Å². The third-order valence-electron chi connectivity index (χ3n) is 4.07. The molecule has 1 aromatic rings. The predicted molar refractivity (Wildman–Crippen MR) is 85.7 cm³/mol. The molecule has 2 rings (SSSR count). The van der Waals surface area contributed by atoms with E-state index in [1.807, 2.05) is 45.0 Å². The van der Waals surface area contributed by atoms with Crippen LogP contribution in [0.1, 0.15) is 45.2 Å². The molecule has 1 N–H and O–H groups in total. The Balaban J connectivity index is 2.33. The highest BCUT2D eigenvalue weighted by molar-refractivity contribution is 9.10. The summed E-state index contributed by atoms with van der Waals surface area (Å²) >= 11 is 3.41. The van der Waals surface area contributed by atoms with Crippen molar-refractivity contribution in [2.24, 2.45) is 0 Å². The molecule has 0 aliphatic carbocycles. The fourth-order valence-corrected chi connectivity index (χ4v) is 3.08. The van der Waals surface area contributed by atoms with Crippen LogP contribution in [-0.2, 0) is 9.59 Å². The summed E-state index contributed by atoms with van der Waals surface area (Å²) < 4.78 is 1.000. The van der Waals surface area contributed by atoms with Gasteiger partial charge in [-0.2, -0.15) is 0 Å². The number of hydrogen-bond acceptors (Lipinski definition) is 2. The molecule has 4 nitrogen and oxygen atoms in total. The molecule has 21 heavy (non-hydrogen) atoms. The molecule has 1 saturated heterocycles. The summed E-state index contributed by atoms with van der Waals surface area (Å²) in [6.07, 6.45) is 1.24. The minimum atomic E-state index is -0.404. The third-order valence-corrected chi connectivity index (χ3v) is 4.60. The number of nitrogens with zero attached hydrogens (tertiary/aromatic N) is 1. The number of carbonyl (C=O) groups excluding carboxylic acids is 2. The maximum Gasteiger partial charge on any atom is 0.246 e. The number of nitrogens with one attached hydrogen (secondary N) is 1. The van der Waals surface area contributed by atoms with E-state index in [-0.39, 0.29) is 23.9 Å². The fraction of sp³-hybridized carbons (Fsp3) is 0.500. The highest BCUT2D eigenvalue weighted by Gasteiger charge is 2.41. The molecule has 3 unspecified atom stereocenters. The maximum atomic E-state index is 12.7.